The lowest BCUT2D eigenvalue weighted by Gasteiger charge is -2.36. The number of carboxylic acids is 1. The van der Waals surface area contributed by atoms with Gasteiger partial charge in [-0.3, -0.25) is 9.59 Å². The maximum atomic E-state index is 15.0. The highest BCUT2D eigenvalue weighted by atomic mass is 32.2. The summed E-state index contributed by atoms with van der Waals surface area (Å²) in [5.74, 6) is -0.634. The standard InChI is InChI=1S/C38H51F2N3O5SSi/c1-50(2,21-19-48-38(47)42-18-9-17-41-36(44)26-49-20-16-37(45)46)27-33(29-12-7-4-8-13-29)35-22-30(32-23-31(39)14-15-34(32)40)25-43(35)24-28-10-5-3-6-11-28/h3,5-6,10-11,14-15,22-23,25,29,33H,4,7-9,12-13,16-21,24,26-27H2,1-2H3,(H,41,44)(H,42,47)(H,45,46)/t33-/m1/s1. The van der Waals surface area contributed by atoms with Crippen molar-refractivity contribution in [2.45, 2.75) is 82.6 Å². The molecule has 272 valence electrons. The Morgan fingerprint density at radius 2 is 1.76 bits per heavy atom. The van der Waals surface area contributed by atoms with Crippen molar-refractivity contribution < 1.29 is 33.0 Å². The molecule has 1 fully saturated rings. The number of carboxylic acid groups (broad SMARTS) is 1. The number of carbonyl (C=O) groups is 3. The fourth-order valence-corrected chi connectivity index (χ4v) is 10.1. The predicted molar refractivity (Wildman–Crippen MR) is 198 cm³/mol. The summed E-state index contributed by atoms with van der Waals surface area (Å²) >= 11 is 1.27. The summed E-state index contributed by atoms with van der Waals surface area (Å²) in [5.41, 5.74) is 3.25. The van der Waals surface area contributed by atoms with Crippen molar-refractivity contribution in [3.8, 4) is 11.1 Å². The highest BCUT2D eigenvalue weighted by Gasteiger charge is 2.34. The molecule has 1 heterocycles. The minimum atomic E-state index is -1.92. The summed E-state index contributed by atoms with van der Waals surface area (Å²) in [6.07, 6.45) is 7.95. The lowest BCUT2D eigenvalue weighted by molar-refractivity contribution is -0.136. The minimum absolute atomic E-state index is 0.0227. The van der Waals surface area contributed by atoms with Crippen LogP contribution < -0.4 is 10.6 Å². The molecule has 8 nitrogen and oxygen atoms in total. The average Bonchev–Trinajstić information content (AvgIpc) is 3.50. The number of aromatic nitrogens is 1. The summed E-state index contributed by atoms with van der Waals surface area (Å²) in [4.78, 5) is 34.9. The maximum absolute atomic E-state index is 15.0. The van der Waals surface area contributed by atoms with Crippen molar-refractivity contribution in [3.63, 3.8) is 0 Å². The van der Waals surface area contributed by atoms with Gasteiger partial charge in [-0.05, 0) is 73.0 Å². The molecule has 50 heavy (non-hydrogen) atoms. The first-order valence-corrected chi connectivity index (χ1v) is 22.2. The van der Waals surface area contributed by atoms with Crippen LogP contribution in [0, 0.1) is 17.6 Å². The molecule has 12 heteroatoms. The van der Waals surface area contributed by atoms with Gasteiger partial charge in [-0.2, -0.15) is 11.8 Å². The molecule has 4 rings (SSSR count). The van der Waals surface area contributed by atoms with Crippen LogP contribution in [0.2, 0.25) is 25.2 Å². The minimum Gasteiger partial charge on any atom is -0.481 e. The van der Waals surface area contributed by atoms with Gasteiger partial charge >= 0.3 is 12.1 Å². The van der Waals surface area contributed by atoms with Gasteiger partial charge in [0, 0.05) is 48.4 Å². The third-order valence-electron chi connectivity index (χ3n) is 9.39. The molecule has 0 unspecified atom stereocenters. The largest absolute Gasteiger partial charge is 0.481 e. The number of ether oxygens (including phenoxy) is 1. The number of amides is 2. The third-order valence-corrected chi connectivity index (χ3v) is 13.4. The monoisotopic (exact) mass is 727 g/mol. The second kappa shape index (κ2) is 19.7. The topological polar surface area (TPSA) is 110 Å². The summed E-state index contributed by atoms with van der Waals surface area (Å²) in [6, 6.07) is 17.7. The van der Waals surface area contributed by atoms with Gasteiger partial charge in [0.15, 0.2) is 0 Å². The highest BCUT2D eigenvalue weighted by molar-refractivity contribution is 7.99. The van der Waals surface area contributed by atoms with E-state index in [9.17, 15) is 18.8 Å². The van der Waals surface area contributed by atoms with E-state index in [1.165, 1.54) is 43.2 Å². The van der Waals surface area contributed by atoms with Crippen LogP contribution >= 0.6 is 11.8 Å². The smallest absolute Gasteiger partial charge is 0.407 e. The van der Waals surface area contributed by atoms with Gasteiger partial charge in [0.1, 0.15) is 11.6 Å². The van der Waals surface area contributed by atoms with Gasteiger partial charge in [0.25, 0.3) is 0 Å². The Morgan fingerprint density at radius 3 is 2.50 bits per heavy atom. The van der Waals surface area contributed by atoms with E-state index < -0.39 is 31.8 Å². The van der Waals surface area contributed by atoms with Crippen molar-refractivity contribution in [2.75, 3.05) is 31.2 Å². The Kier molecular flexibility index (Phi) is 15.4. The van der Waals surface area contributed by atoms with Crippen LogP contribution in [0.3, 0.4) is 0 Å². The highest BCUT2D eigenvalue weighted by Crippen LogP contribution is 2.43. The Morgan fingerprint density at radius 1 is 1.02 bits per heavy atom. The number of hydrogen-bond acceptors (Lipinski definition) is 5. The number of hydrogen-bond donors (Lipinski definition) is 3. The van der Waals surface area contributed by atoms with Gasteiger partial charge in [-0.15, -0.1) is 0 Å². The summed E-state index contributed by atoms with van der Waals surface area (Å²) in [7, 11) is -1.92. The Hall–Kier alpha value is -3.64. The average molecular weight is 728 g/mol. The van der Waals surface area contributed by atoms with E-state index in [0.717, 1.165) is 42.3 Å². The lowest BCUT2D eigenvalue weighted by atomic mass is 9.79. The Bertz CT molecular complexity index is 1550. The molecular weight excluding hydrogens is 677 g/mol. The van der Waals surface area contributed by atoms with E-state index in [1.807, 2.05) is 24.4 Å². The first-order valence-electron chi connectivity index (χ1n) is 17.7. The van der Waals surface area contributed by atoms with Crippen molar-refractivity contribution in [2.24, 2.45) is 5.92 Å². The molecule has 1 atom stereocenters. The normalized spacial score (nSPS) is 14.2. The van der Waals surface area contributed by atoms with Crippen LogP contribution in [0.4, 0.5) is 13.6 Å². The van der Waals surface area contributed by atoms with Crippen molar-refractivity contribution in [1.82, 2.24) is 15.2 Å². The zero-order valence-electron chi connectivity index (χ0n) is 29.2. The van der Waals surface area contributed by atoms with E-state index in [1.54, 1.807) is 0 Å². The van der Waals surface area contributed by atoms with Crippen LogP contribution in [-0.2, 0) is 20.9 Å². The Labute approximate surface area is 299 Å². The fourth-order valence-electron chi connectivity index (χ4n) is 6.72. The molecule has 1 aromatic heterocycles. The van der Waals surface area contributed by atoms with E-state index in [2.05, 4.69) is 46.5 Å². The van der Waals surface area contributed by atoms with E-state index >= 15 is 4.39 Å². The van der Waals surface area contributed by atoms with Crippen LogP contribution in [0.5, 0.6) is 0 Å². The number of aliphatic carboxylic acids is 1. The first kappa shape index (κ1) is 39.1. The van der Waals surface area contributed by atoms with Gasteiger partial charge in [0.05, 0.1) is 26.9 Å². The van der Waals surface area contributed by atoms with Crippen molar-refractivity contribution in [3.05, 3.63) is 83.7 Å². The number of thioether (sulfide) groups is 1. The lowest BCUT2D eigenvalue weighted by Crippen LogP contribution is -2.34. The molecule has 3 aromatic rings. The first-order chi connectivity index (χ1) is 24.0. The van der Waals surface area contributed by atoms with E-state index in [-0.39, 0.29) is 29.6 Å². The van der Waals surface area contributed by atoms with Gasteiger partial charge in [0.2, 0.25) is 5.91 Å². The summed E-state index contributed by atoms with van der Waals surface area (Å²) in [6.45, 7) is 6.40. The second-order valence-corrected chi connectivity index (χ2v) is 20.3. The molecule has 0 saturated heterocycles. The number of halogens is 2. The van der Waals surface area contributed by atoms with E-state index in [4.69, 9.17) is 9.84 Å². The third kappa shape index (κ3) is 12.9. The molecule has 1 aliphatic carbocycles. The number of nitrogens with one attached hydrogen (secondary N) is 2. The van der Waals surface area contributed by atoms with Gasteiger partial charge in [-0.1, -0.05) is 62.7 Å². The van der Waals surface area contributed by atoms with E-state index in [0.29, 0.717) is 49.9 Å². The number of benzene rings is 2. The molecule has 0 spiro atoms. The zero-order chi connectivity index (χ0) is 35.9. The summed E-state index contributed by atoms with van der Waals surface area (Å²) in [5, 5.41) is 14.2. The number of alkyl carbamates (subject to hydrolysis) is 1. The molecular formula is C38H51F2N3O5SSi. The second-order valence-electron chi connectivity index (χ2n) is 14.0. The SMILES string of the molecule is C[Si](C)(CCOC(=O)NCCCNC(=O)CSCCC(=O)O)C[C@@H](c1cc(-c2cc(F)ccc2F)cn1Cc1ccccc1)C1CCCCC1. The maximum Gasteiger partial charge on any atom is 0.407 e. The number of nitrogens with zero attached hydrogens (tertiary/aromatic N) is 1. The van der Waals surface area contributed by atoms with Crippen LogP contribution in [0.15, 0.2) is 60.8 Å². The molecule has 0 aliphatic heterocycles. The molecule has 2 aromatic carbocycles. The number of rotatable bonds is 19. The summed E-state index contributed by atoms with van der Waals surface area (Å²) < 4.78 is 37.1. The fraction of sp³-hybridized carbons (Fsp3) is 0.500. The van der Waals surface area contributed by atoms with Crippen molar-refractivity contribution >= 4 is 37.8 Å². The molecule has 1 aliphatic rings. The quantitative estimate of drug-likeness (QED) is 0.0847. The molecule has 2 amide bonds. The van der Waals surface area contributed by atoms with Gasteiger partial charge in [-0.25, -0.2) is 13.6 Å². The van der Waals surface area contributed by atoms with Crippen LogP contribution in [0.1, 0.15) is 62.1 Å². The molecule has 0 radical (unpaired) electrons. The molecule has 3 N–H and O–H groups in total. The van der Waals surface area contributed by atoms with Gasteiger partial charge < -0.3 is 25.0 Å². The van der Waals surface area contributed by atoms with Crippen molar-refractivity contribution in [1.29, 1.82) is 0 Å². The van der Waals surface area contributed by atoms with Crippen LogP contribution in [-0.4, -0.2) is 66.9 Å². The number of carbonyl (C=O) groups excluding carboxylic acids is 2. The zero-order valence-corrected chi connectivity index (χ0v) is 31.0. The predicted octanol–water partition coefficient (Wildman–Crippen LogP) is 8.29. The molecule has 0 bridgehead atoms. The molecule has 1 saturated carbocycles. The van der Waals surface area contributed by atoms with Crippen LogP contribution in [0.25, 0.3) is 11.1 Å². The Balaban J connectivity index is 1.37.